The minimum atomic E-state index is -6.19. The summed E-state index contributed by atoms with van der Waals surface area (Å²) in [6.07, 6.45) is -16.2. The van der Waals surface area contributed by atoms with Crippen LogP contribution in [0.3, 0.4) is 0 Å². The second kappa shape index (κ2) is 9.87. The van der Waals surface area contributed by atoms with E-state index in [1.54, 1.807) is 24.3 Å². The molecule has 190 valence electrons. The van der Waals surface area contributed by atoms with Crippen LogP contribution in [0.1, 0.15) is 25.7 Å². The lowest BCUT2D eigenvalue weighted by Gasteiger charge is -2.36. The lowest BCUT2D eigenvalue weighted by atomic mass is 9.97. The van der Waals surface area contributed by atoms with Gasteiger partial charge >= 0.3 is 18.4 Å². The smallest absolute Gasteiger partial charge is 0.431 e. The molecule has 0 saturated carbocycles. The molecule has 6 nitrogen and oxygen atoms in total. The normalized spacial score (nSPS) is 20.4. The predicted molar refractivity (Wildman–Crippen MR) is 104 cm³/mol. The van der Waals surface area contributed by atoms with Crippen molar-refractivity contribution in [2.45, 2.75) is 55.9 Å². The Balaban J connectivity index is 1.47. The first-order chi connectivity index (χ1) is 15.8. The molecule has 0 spiro atoms. The van der Waals surface area contributed by atoms with E-state index in [2.05, 4.69) is 0 Å². The zero-order valence-electron chi connectivity index (χ0n) is 17.9. The summed E-state index contributed by atoms with van der Waals surface area (Å²) in [5, 5.41) is 0. The monoisotopic (exact) mass is 500 g/mol. The molecule has 1 atom stereocenters. The van der Waals surface area contributed by atoms with Gasteiger partial charge in [-0.2, -0.15) is 26.3 Å². The summed E-state index contributed by atoms with van der Waals surface area (Å²) < 4.78 is 101. The highest BCUT2D eigenvalue weighted by molar-refractivity contribution is 5.76. The van der Waals surface area contributed by atoms with Crippen LogP contribution < -0.4 is 4.74 Å². The number of carbonyl (C=O) groups excluding carboxylic acids is 2. The zero-order chi connectivity index (χ0) is 25.1. The topological polar surface area (TPSA) is 59.1 Å². The van der Waals surface area contributed by atoms with E-state index < -0.39 is 49.0 Å². The Hall–Kier alpha value is -2.73. The maximum atomic E-state index is 13.8. The van der Waals surface area contributed by atoms with E-state index in [4.69, 9.17) is 9.47 Å². The van der Waals surface area contributed by atoms with E-state index in [0.29, 0.717) is 5.75 Å². The van der Waals surface area contributed by atoms with Gasteiger partial charge in [0.2, 0.25) is 5.91 Å². The first-order valence-corrected chi connectivity index (χ1v) is 10.6. The molecule has 0 aromatic heterocycles. The van der Waals surface area contributed by atoms with Crippen molar-refractivity contribution in [2.75, 3.05) is 26.2 Å². The van der Waals surface area contributed by atoms with E-state index in [-0.39, 0.29) is 45.1 Å². The number of hydrogen-bond donors (Lipinski definition) is 0. The Bertz CT molecular complexity index is 841. The first-order valence-electron chi connectivity index (χ1n) is 10.6. The van der Waals surface area contributed by atoms with Gasteiger partial charge in [-0.15, -0.1) is 0 Å². The number of likely N-dealkylation sites (tertiary alicyclic amines) is 1. The van der Waals surface area contributed by atoms with Gasteiger partial charge in [0.15, 0.2) is 6.10 Å². The van der Waals surface area contributed by atoms with Crippen LogP contribution >= 0.6 is 0 Å². The standard InChI is InChI=1S/C21H23F7N2O4/c22-19(20(23,24)25,21(26,27)28)9-6-17(31)29-10-7-14(8-11-29)30-12-16(34-18(30)32)13-33-15-4-2-1-3-5-15/h1-5,14,16H,6-13H2. The molecule has 2 amide bonds. The molecule has 0 bridgehead atoms. The van der Waals surface area contributed by atoms with Gasteiger partial charge in [0, 0.05) is 32.0 Å². The van der Waals surface area contributed by atoms with E-state index >= 15 is 0 Å². The van der Waals surface area contributed by atoms with Crippen LogP contribution in [0.4, 0.5) is 35.5 Å². The Morgan fingerprint density at radius 3 is 2.15 bits per heavy atom. The van der Waals surface area contributed by atoms with Crippen LogP contribution in [0, 0.1) is 0 Å². The molecular weight excluding hydrogens is 477 g/mol. The number of ether oxygens (including phenoxy) is 2. The molecule has 13 heteroatoms. The Labute approximate surface area is 190 Å². The molecule has 1 aromatic rings. The number of carbonyl (C=O) groups is 2. The van der Waals surface area contributed by atoms with Gasteiger partial charge in [-0.1, -0.05) is 18.2 Å². The molecule has 2 saturated heterocycles. The summed E-state index contributed by atoms with van der Waals surface area (Å²) in [6, 6.07) is 8.58. The zero-order valence-corrected chi connectivity index (χ0v) is 17.9. The fraction of sp³-hybridized carbons (Fsp3) is 0.619. The molecule has 0 aliphatic carbocycles. The van der Waals surface area contributed by atoms with E-state index in [0.717, 1.165) is 4.90 Å². The van der Waals surface area contributed by atoms with Gasteiger partial charge < -0.3 is 19.3 Å². The molecule has 2 aliphatic heterocycles. The number of para-hydroxylation sites is 1. The number of alkyl halides is 7. The number of cyclic esters (lactones) is 1. The van der Waals surface area contributed by atoms with Crippen LogP contribution in [-0.4, -0.2) is 78.2 Å². The third-order valence-corrected chi connectivity index (χ3v) is 5.92. The number of benzene rings is 1. The van der Waals surface area contributed by atoms with Gasteiger partial charge in [-0.25, -0.2) is 9.18 Å². The van der Waals surface area contributed by atoms with E-state index in [1.165, 1.54) is 4.90 Å². The highest BCUT2D eigenvalue weighted by Gasteiger charge is 2.72. The van der Waals surface area contributed by atoms with Gasteiger partial charge in [0.05, 0.1) is 6.54 Å². The van der Waals surface area contributed by atoms with E-state index in [9.17, 15) is 40.3 Å². The fourth-order valence-electron chi connectivity index (χ4n) is 3.94. The first kappa shape index (κ1) is 25.9. The summed E-state index contributed by atoms with van der Waals surface area (Å²) in [5.74, 6) is -0.399. The maximum absolute atomic E-state index is 13.8. The van der Waals surface area contributed by atoms with Gasteiger partial charge in [-0.3, -0.25) is 4.79 Å². The highest BCUT2D eigenvalue weighted by atomic mass is 19.4. The fourth-order valence-corrected chi connectivity index (χ4v) is 3.94. The molecule has 0 N–H and O–H groups in total. The molecule has 0 radical (unpaired) electrons. The average Bonchev–Trinajstić information content (AvgIpc) is 3.15. The third-order valence-electron chi connectivity index (χ3n) is 5.92. The number of rotatable bonds is 7. The van der Waals surface area contributed by atoms with Crippen LogP contribution in [0.25, 0.3) is 0 Å². The van der Waals surface area contributed by atoms with Crippen molar-refractivity contribution in [2.24, 2.45) is 0 Å². The van der Waals surface area contributed by atoms with Crippen LogP contribution in [-0.2, 0) is 9.53 Å². The largest absolute Gasteiger partial charge is 0.490 e. The Kier molecular flexibility index (Phi) is 7.51. The van der Waals surface area contributed by atoms with Crippen molar-refractivity contribution >= 4 is 12.0 Å². The minimum Gasteiger partial charge on any atom is -0.490 e. The number of amides is 2. The lowest BCUT2D eigenvalue weighted by Crippen LogP contribution is -2.54. The number of nitrogens with zero attached hydrogens (tertiary/aromatic N) is 2. The molecule has 2 fully saturated rings. The summed E-state index contributed by atoms with van der Waals surface area (Å²) in [5.41, 5.74) is -5.45. The molecular formula is C21H23F7N2O4. The van der Waals surface area contributed by atoms with E-state index in [1.807, 2.05) is 6.07 Å². The van der Waals surface area contributed by atoms with Crippen LogP contribution in [0.5, 0.6) is 5.75 Å². The van der Waals surface area contributed by atoms with Crippen molar-refractivity contribution in [3.8, 4) is 5.75 Å². The molecule has 1 unspecified atom stereocenters. The van der Waals surface area contributed by atoms with Crippen molar-refractivity contribution in [1.82, 2.24) is 9.80 Å². The van der Waals surface area contributed by atoms with Crippen LogP contribution in [0.15, 0.2) is 30.3 Å². The summed E-state index contributed by atoms with van der Waals surface area (Å²) in [6.45, 7) is 0.393. The SMILES string of the molecule is O=C(CCC(F)(C(F)(F)F)C(F)(F)F)N1CCC(N2CC(COc3ccccc3)OC2=O)CC1. The summed E-state index contributed by atoms with van der Waals surface area (Å²) >= 11 is 0. The predicted octanol–water partition coefficient (Wildman–Crippen LogP) is 4.49. The minimum absolute atomic E-state index is 0.00971. The van der Waals surface area contributed by atoms with Crippen molar-refractivity contribution in [3.05, 3.63) is 30.3 Å². The summed E-state index contributed by atoms with van der Waals surface area (Å²) in [7, 11) is 0. The third kappa shape index (κ3) is 5.66. The quantitative estimate of drug-likeness (QED) is 0.518. The molecule has 3 rings (SSSR count). The van der Waals surface area contributed by atoms with Gasteiger partial charge in [-0.05, 0) is 25.0 Å². The number of piperidine rings is 1. The van der Waals surface area contributed by atoms with Crippen LogP contribution in [0.2, 0.25) is 0 Å². The number of halogens is 7. The van der Waals surface area contributed by atoms with Crippen molar-refractivity contribution in [3.63, 3.8) is 0 Å². The molecule has 2 aliphatic rings. The molecule has 2 heterocycles. The number of hydrogen-bond acceptors (Lipinski definition) is 4. The maximum Gasteiger partial charge on any atom is 0.431 e. The summed E-state index contributed by atoms with van der Waals surface area (Å²) in [4.78, 5) is 26.9. The lowest BCUT2D eigenvalue weighted by molar-refractivity contribution is -0.343. The second-order valence-corrected chi connectivity index (χ2v) is 8.19. The molecule has 1 aromatic carbocycles. The average molecular weight is 500 g/mol. The Morgan fingerprint density at radius 2 is 1.59 bits per heavy atom. The highest BCUT2D eigenvalue weighted by Crippen LogP contribution is 2.49. The van der Waals surface area contributed by atoms with Gasteiger partial charge in [0.1, 0.15) is 12.4 Å². The van der Waals surface area contributed by atoms with Crippen molar-refractivity contribution < 1.29 is 49.8 Å². The van der Waals surface area contributed by atoms with Crippen molar-refractivity contribution in [1.29, 1.82) is 0 Å². The molecule has 34 heavy (non-hydrogen) atoms. The van der Waals surface area contributed by atoms with Gasteiger partial charge in [0.25, 0.3) is 5.67 Å². The Morgan fingerprint density at radius 1 is 1.00 bits per heavy atom. The second-order valence-electron chi connectivity index (χ2n) is 8.19.